The molecule has 7 heteroatoms. The van der Waals surface area contributed by atoms with Crippen molar-refractivity contribution in [2.24, 2.45) is 0 Å². The number of rotatable bonds is 5. The monoisotopic (exact) mass is 390 g/mol. The van der Waals surface area contributed by atoms with Gasteiger partial charge in [-0.25, -0.2) is 9.97 Å². The maximum Gasteiger partial charge on any atom is 0.227 e. The number of ether oxygens (including phenoxy) is 2. The molecule has 3 heterocycles. The van der Waals surface area contributed by atoms with Crippen LogP contribution < -0.4 is 4.74 Å². The van der Waals surface area contributed by atoms with E-state index >= 15 is 0 Å². The van der Waals surface area contributed by atoms with Gasteiger partial charge in [0, 0.05) is 36.3 Å². The van der Waals surface area contributed by atoms with Crippen LogP contribution in [0.15, 0.2) is 61.3 Å². The Hall–Kier alpha value is -3.32. The van der Waals surface area contributed by atoms with Gasteiger partial charge in [-0.3, -0.25) is 9.78 Å². The second-order valence-electron chi connectivity index (χ2n) is 6.82. The van der Waals surface area contributed by atoms with Crippen molar-refractivity contribution in [2.75, 3.05) is 26.8 Å². The van der Waals surface area contributed by atoms with Crippen molar-refractivity contribution in [3.63, 3.8) is 0 Å². The molecular weight excluding hydrogens is 368 g/mol. The molecule has 29 heavy (non-hydrogen) atoms. The molecule has 0 unspecified atom stereocenters. The molecule has 0 radical (unpaired) electrons. The van der Waals surface area contributed by atoms with Crippen molar-refractivity contribution in [1.82, 2.24) is 19.9 Å². The predicted molar refractivity (Wildman–Crippen MR) is 107 cm³/mol. The first-order valence-corrected chi connectivity index (χ1v) is 9.46. The summed E-state index contributed by atoms with van der Waals surface area (Å²) in [6.07, 6.45) is 6.91. The Morgan fingerprint density at radius 1 is 1.10 bits per heavy atom. The summed E-state index contributed by atoms with van der Waals surface area (Å²) in [5, 5.41) is 0. The fourth-order valence-corrected chi connectivity index (χ4v) is 3.30. The third-order valence-electron chi connectivity index (χ3n) is 4.94. The van der Waals surface area contributed by atoms with E-state index in [1.807, 2.05) is 41.3 Å². The van der Waals surface area contributed by atoms with Gasteiger partial charge < -0.3 is 14.4 Å². The molecule has 1 amide bonds. The van der Waals surface area contributed by atoms with Crippen LogP contribution in [0.1, 0.15) is 17.4 Å². The van der Waals surface area contributed by atoms with Crippen molar-refractivity contribution in [1.29, 1.82) is 0 Å². The molecule has 1 saturated heterocycles. The van der Waals surface area contributed by atoms with Crippen molar-refractivity contribution >= 4 is 5.91 Å². The third-order valence-corrected chi connectivity index (χ3v) is 4.94. The third kappa shape index (κ3) is 4.57. The summed E-state index contributed by atoms with van der Waals surface area (Å²) in [6.45, 7) is 1.58. The standard InChI is InChI=1S/C22H22N4O3/c1-28-19-5-2-16(3-6-19)10-22(27)26-8-9-29-21(14-26)20-7-4-17(13-25-20)18-11-23-15-24-12-18/h2-7,11-13,15,21H,8-10,14H2,1H3/t21-/m0/s1. The quantitative estimate of drug-likeness (QED) is 0.667. The minimum atomic E-state index is -0.232. The van der Waals surface area contributed by atoms with E-state index in [2.05, 4.69) is 15.0 Å². The predicted octanol–water partition coefficient (Wildman–Crippen LogP) is 2.69. The van der Waals surface area contributed by atoms with E-state index in [0.717, 1.165) is 28.1 Å². The lowest BCUT2D eigenvalue weighted by atomic mass is 10.1. The zero-order chi connectivity index (χ0) is 20.1. The average molecular weight is 390 g/mol. The number of pyridine rings is 1. The number of nitrogens with zero attached hydrogens (tertiary/aromatic N) is 4. The van der Waals surface area contributed by atoms with Gasteiger partial charge in [0.15, 0.2) is 0 Å². The van der Waals surface area contributed by atoms with E-state index in [-0.39, 0.29) is 12.0 Å². The molecule has 7 nitrogen and oxygen atoms in total. The average Bonchev–Trinajstić information content (AvgIpc) is 2.80. The largest absolute Gasteiger partial charge is 0.497 e. The van der Waals surface area contributed by atoms with Gasteiger partial charge in [-0.2, -0.15) is 0 Å². The van der Waals surface area contributed by atoms with Crippen LogP contribution in [0.25, 0.3) is 11.1 Å². The van der Waals surface area contributed by atoms with Crippen LogP contribution >= 0.6 is 0 Å². The van der Waals surface area contributed by atoms with E-state index in [9.17, 15) is 4.79 Å². The fraction of sp³-hybridized carbons (Fsp3) is 0.273. The summed E-state index contributed by atoms with van der Waals surface area (Å²) >= 11 is 0. The van der Waals surface area contributed by atoms with E-state index < -0.39 is 0 Å². The minimum Gasteiger partial charge on any atom is -0.497 e. The Labute approximate surface area is 169 Å². The Morgan fingerprint density at radius 3 is 2.59 bits per heavy atom. The number of methoxy groups -OCH3 is 1. The second kappa shape index (κ2) is 8.79. The Kier molecular flexibility index (Phi) is 5.76. The van der Waals surface area contributed by atoms with E-state index in [4.69, 9.17) is 9.47 Å². The number of carbonyl (C=O) groups is 1. The highest BCUT2D eigenvalue weighted by molar-refractivity contribution is 5.79. The van der Waals surface area contributed by atoms with Crippen molar-refractivity contribution < 1.29 is 14.3 Å². The molecule has 3 aromatic rings. The van der Waals surface area contributed by atoms with Gasteiger partial charge in [0.2, 0.25) is 5.91 Å². The molecular formula is C22H22N4O3. The summed E-state index contributed by atoms with van der Waals surface area (Å²) < 4.78 is 11.0. The van der Waals surface area contributed by atoms with Crippen LogP contribution in [-0.4, -0.2) is 52.6 Å². The van der Waals surface area contributed by atoms with Crippen molar-refractivity contribution in [3.05, 3.63) is 72.6 Å². The molecule has 1 fully saturated rings. The van der Waals surface area contributed by atoms with Crippen LogP contribution in [0.2, 0.25) is 0 Å². The first-order valence-electron chi connectivity index (χ1n) is 9.46. The van der Waals surface area contributed by atoms with E-state index in [1.165, 1.54) is 6.33 Å². The van der Waals surface area contributed by atoms with Crippen LogP contribution in [0, 0.1) is 0 Å². The smallest absolute Gasteiger partial charge is 0.227 e. The van der Waals surface area contributed by atoms with Crippen LogP contribution in [0.4, 0.5) is 0 Å². The number of amides is 1. The minimum absolute atomic E-state index is 0.0847. The molecule has 0 saturated carbocycles. The SMILES string of the molecule is COc1ccc(CC(=O)N2CCO[C@H](c3ccc(-c4cncnc4)cn3)C2)cc1. The highest BCUT2D eigenvalue weighted by Gasteiger charge is 2.26. The number of benzene rings is 1. The maximum atomic E-state index is 12.7. The second-order valence-corrected chi connectivity index (χ2v) is 6.82. The fourth-order valence-electron chi connectivity index (χ4n) is 3.30. The topological polar surface area (TPSA) is 77.4 Å². The van der Waals surface area contributed by atoms with Gasteiger partial charge >= 0.3 is 0 Å². The number of carbonyl (C=O) groups excluding carboxylic acids is 1. The molecule has 0 N–H and O–H groups in total. The summed E-state index contributed by atoms with van der Waals surface area (Å²) in [7, 11) is 1.63. The van der Waals surface area contributed by atoms with Crippen LogP contribution in [-0.2, 0) is 16.0 Å². The molecule has 0 bridgehead atoms. The molecule has 148 valence electrons. The van der Waals surface area contributed by atoms with Crippen LogP contribution in [0.5, 0.6) is 5.75 Å². The molecule has 4 rings (SSSR count). The lowest BCUT2D eigenvalue weighted by molar-refractivity contribution is -0.138. The number of hydrogen-bond acceptors (Lipinski definition) is 6. The summed E-state index contributed by atoms with van der Waals surface area (Å²) in [4.78, 5) is 27.2. The number of aromatic nitrogens is 3. The lowest BCUT2D eigenvalue weighted by Gasteiger charge is -2.32. The molecule has 1 atom stereocenters. The highest BCUT2D eigenvalue weighted by Crippen LogP contribution is 2.24. The van der Waals surface area contributed by atoms with Gasteiger partial charge in [-0.1, -0.05) is 18.2 Å². The Bertz CT molecular complexity index is 946. The van der Waals surface area contributed by atoms with Gasteiger partial charge in [0.25, 0.3) is 0 Å². The highest BCUT2D eigenvalue weighted by atomic mass is 16.5. The molecule has 1 aliphatic rings. The molecule has 1 aliphatic heterocycles. The first kappa shape index (κ1) is 19.0. The molecule has 0 spiro atoms. The van der Waals surface area contributed by atoms with Gasteiger partial charge in [-0.15, -0.1) is 0 Å². The maximum absolute atomic E-state index is 12.7. The summed E-state index contributed by atoms with van der Waals surface area (Å²) in [5.74, 6) is 0.866. The van der Waals surface area contributed by atoms with Gasteiger partial charge in [0.05, 0.1) is 32.4 Å². The van der Waals surface area contributed by atoms with Crippen molar-refractivity contribution in [3.8, 4) is 16.9 Å². The lowest BCUT2D eigenvalue weighted by Crippen LogP contribution is -2.43. The molecule has 1 aromatic carbocycles. The normalized spacial score (nSPS) is 16.4. The summed E-state index contributed by atoms with van der Waals surface area (Å²) in [5.41, 5.74) is 3.63. The van der Waals surface area contributed by atoms with E-state index in [1.54, 1.807) is 25.7 Å². The molecule has 2 aromatic heterocycles. The van der Waals surface area contributed by atoms with Crippen LogP contribution in [0.3, 0.4) is 0 Å². The van der Waals surface area contributed by atoms with Gasteiger partial charge in [-0.05, 0) is 23.8 Å². The zero-order valence-electron chi connectivity index (χ0n) is 16.2. The van der Waals surface area contributed by atoms with Crippen molar-refractivity contribution in [2.45, 2.75) is 12.5 Å². The Balaban J connectivity index is 1.40. The zero-order valence-corrected chi connectivity index (χ0v) is 16.2. The van der Waals surface area contributed by atoms with Gasteiger partial charge in [0.1, 0.15) is 18.2 Å². The number of hydrogen-bond donors (Lipinski definition) is 0. The number of morpholine rings is 1. The Morgan fingerprint density at radius 2 is 1.90 bits per heavy atom. The summed E-state index contributed by atoms with van der Waals surface area (Å²) in [6, 6.07) is 11.5. The first-order chi connectivity index (χ1) is 14.2. The molecule has 0 aliphatic carbocycles. The van der Waals surface area contributed by atoms with E-state index in [0.29, 0.717) is 26.1 Å².